The van der Waals surface area contributed by atoms with Crippen LogP contribution in [0.5, 0.6) is 0 Å². The van der Waals surface area contributed by atoms with Gasteiger partial charge in [-0.25, -0.2) is 4.79 Å². The molecule has 0 aromatic heterocycles. The van der Waals surface area contributed by atoms with Crippen LogP contribution < -0.4 is 10.6 Å². The molecule has 0 aliphatic heterocycles. The van der Waals surface area contributed by atoms with Crippen molar-refractivity contribution in [3.63, 3.8) is 0 Å². The summed E-state index contributed by atoms with van der Waals surface area (Å²) in [7, 11) is 0. The molecule has 1 aromatic carbocycles. The van der Waals surface area contributed by atoms with Gasteiger partial charge in [0.05, 0.1) is 6.04 Å². The minimum atomic E-state index is -0.187. The predicted molar refractivity (Wildman–Crippen MR) is 89.8 cm³/mol. The van der Waals surface area contributed by atoms with Crippen molar-refractivity contribution in [2.24, 2.45) is 5.92 Å². The van der Waals surface area contributed by atoms with Crippen molar-refractivity contribution in [2.45, 2.75) is 26.8 Å². The number of aliphatic hydroxyl groups excluding tert-OH is 1. The zero-order valence-corrected chi connectivity index (χ0v) is 13.9. The van der Waals surface area contributed by atoms with E-state index in [0.717, 1.165) is 13.1 Å². The minimum Gasteiger partial charge on any atom is -0.396 e. The van der Waals surface area contributed by atoms with Crippen LogP contribution in [0.2, 0.25) is 0 Å². The third-order valence-corrected chi connectivity index (χ3v) is 3.82. The average Bonchev–Trinajstić information content (AvgIpc) is 2.57. The van der Waals surface area contributed by atoms with E-state index in [1.807, 2.05) is 25.1 Å². The van der Waals surface area contributed by atoms with Gasteiger partial charge in [0, 0.05) is 19.7 Å². The number of carbonyl (C=O) groups excluding carboxylic acids is 1. The van der Waals surface area contributed by atoms with Gasteiger partial charge in [-0.05, 0) is 24.6 Å². The van der Waals surface area contributed by atoms with E-state index in [0.29, 0.717) is 13.1 Å². The lowest BCUT2D eigenvalue weighted by atomic mass is 10.1. The molecule has 0 saturated carbocycles. The summed E-state index contributed by atoms with van der Waals surface area (Å²) in [4.78, 5) is 14.2. The number of nitrogens with one attached hydrogen (secondary N) is 2. The van der Waals surface area contributed by atoms with E-state index in [9.17, 15) is 4.79 Å². The van der Waals surface area contributed by atoms with Crippen molar-refractivity contribution in [1.29, 1.82) is 0 Å². The maximum Gasteiger partial charge on any atom is 0.314 e. The first-order valence-electron chi connectivity index (χ1n) is 8.03. The van der Waals surface area contributed by atoms with Crippen LogP contribution in [0.15, 0.2) is 30.3 Å². The van der Waals surface area contributed by atoms with E-state index in [2.05, 4.69) is 41.5 Å². The van der Waals surface area contributed by atoms with Gasteiger partial charge in [0.1, 0.15) is 0 Å². The number of amides is 2. The molecule has 2 amide bonds. The molecular formula is C17H29N3O2. The minimum absolute atomic E-state index is 0.0680. The van der Waals surface area contributed by atoms with E-state index in [1.165, 1.54) is 5.56 Å². The van der Waals surface area contributed by atoms with Gasteiger partial charge in [-0.3, -0.25) is 4.90 Å². The van der Waals surface area contributed by atoms with Crippen molar-refractivity contribution in [1.82, 2.24) is 15.5 Å². The van der Waals surface area contributed by atoms with Crippen LogP contribution >= 0.6 is 0 Å². The molecule has 0 aliphatic rings. The molecule has 2 unspecified atom stereocenters. The Bertz CT molecular complexity index is 421. The second-order valence-corrected chi connectivity index (χ2v) is 5.53. The van der Waals surface area contributed by atoms with Gasteiger partial charge in [0.15, 0.2) is 0 Å². The number of likely N-dealkylation sites (N-methyl/N-ethyl adjacent to an activating group) is 1. The van der Waals surface area contributed by atoms with Crippen LogP contribution in [0.25, 0.3) is 0 Å². The fraction of sp³-hybridized carbons (Fsp3) is 0.588. The van der Waals surface area contributed by atoms with Crippen molar-refractivity contribution >= 4 is 6.03 Å². The summed E-state index contributed by atoms with van der Waals surface area (Å²) in [6.07, 6.45) is 0. The number of hydrogen-bond donors (Lipinski definition) is 3. The lowest BCUT2D eigenvalue weighted by Gasteiger charge is -2.30. The molecule has 2 atom stereocenters. The van der Waals surface area contributed by atoms with Crippen molar-refractivity contribution in [3.8, 4) is 0 Å². The zero-order valence-electron chi connectivity index (χ0n) is 13.9. The Labute approximate surface area is 133 Å². The van der Waals surface area contributed by atoms with Crippen LogP contribution in [0.3, 0.4) is 0 Å². The number of carbonyl (C=O) groups is 1. The highest BCUT2D eigenvalue weighted by molar-refractivity contribution is 5.73. The molecular weight excluding hydrogens is 278 g/mol. The number of nitrogens with zero attached hydrogens (tertiary/aromatic N) is 1. The average molecular weight is 307 g/mol. The predicted octanol–water partition coefficient (Wildman–Crippen LogP) is 2.00. The number of urea groups is 1. The number of benzene rings is 1. The molecule has 5 heteroatoms. The smallest absolute Gasteiger partial charge is 0.314 e. The first-order chi connectivity index (χ1) is 10.6. The maximum absolute atomic E-state index is 11.9. The summed E-state index contributed by atoms with van der Waals surface area (Å²) in [5.74, 6) is 0.0680. The van der Waals surface area contributed by atoms with E-state index in [1.54, 1.807) is 0 Å². The fourth-order valence-corrected chi connectivity index (χ4v) is 2.38. The summed E-state index contributed by atoms with van der Waals surface area (Å²) in [6, 6.07) is 10.2. The second-order valence-electron chi connectivity index (χ2n) is 5.53. The third-order valence-electron chi connectivity index (χ3n) is 3.82. The molecule has 0 heterocycles. The Kier molecular flexibility index (Phi) is 8.55. The first kappa shape index (κ1) is 18.5. The van der Waals surface area contributed by atoms with E-state index in [4.69, 9.17) is 5.11 Å². The molecule has 0 aliphatic carbocycles. The molecule has 124 valence electrons. The molecule has 0 radical (unpaired) electrons. The largest absolute Gasteiger partial charge is 0.396 e. The molecule has 0 saturated heterocycles. The van der Waals surface area contributed by atoms with E-state index in [-0.39, 0.29) is 24.6 Å². The molecule has 0 bridgehead atoms. The second kappa shape index (κ2) is 10.2. The highest BCUT2D eigenvalue weighted by atomic mass is 16.3. The summed E-state index contributed by atoms with van der Waals surface area (Å²) in [5, 5.41) is 14.7. The molecule has 5 nitrogen and oxygen atoms in total. The quantitative estimate of drug-likeness (QED) is 0.654. The fourth-order valence-electron chi connectivity index (χ4n) is 2.38. The first-order valence-corrected chi connectivity index (χ1v) is 8.03. The molecule has 1 rings (SSSR count). The highest BCUT2D eigenvalue weighted by Crippen LogP contribution is 2.19. The van der Waals surface area contributed by atoms with Crippen LogP contribution in [-0.4, -0.2) is 48.8 Å². The van der Waals surface area contributed by atoms with Crippen molar-refractivity contribution < 1.29 is 9.90 Å². The van der Waals surface area contributed by atoms with Gasteiger partial charge < -0.3 is 15.7 Å². The van der Waals surface area contributed by atoms with Crippen LogP contribution in [-0.2, 0) is 0 Å². The SMILES string of the molecule is CCN(CC)C(CNC(=O)NCC(C)CO)c1ccccc1. The topological polar surface area (TPSA) is 64.6 Å². The molecule has 22 heavy (non-hydrogen) atoms. The Morgan fingerprint density at radius 2 is 1.73 bits per heavy atom. The molecule has 0 fully saturated rings. The number of aliphatic hydroxyl groups is 1. The normalized spacial score (nSPS) is 13.7. The van der Waals surface area contributed by atoms with Gasteiger partial charge in [0.25, 0.3) is 0 Å². The van der Waals surface area contributed by atoms with Gasteiger partial charge in [-0.2, -0.15) is 0 Å². The Morgan fingerprint density at radius 3 is 2.27 bits per heavy atom. The Balaban J connectivity index is 2.60. The third kappa shape index (κ3) is 6.03. The Morgan fingerprint density at radius 1 is 1.14 bits per heavy atom. The van der Waals surface area contributed by atoms with Crippen LogP contribution in [0, 0.1) is 5.92 Å². The van der Waals surface area contributed by atoms with Crippen LogP contribution in [0.4, 0.5) is 4.79 Å². The van der Waals surface area contributed by atoms with Crippen molar-refractivity contribution in [3.05, 3.63) is 35.9 Å². The van der Waals surface area contributed by atoms with Crippen molar-refractivity contribution in [2.75, 3.05) is 32.8 Å². The lowest BCUT2D eigenvalue weighted by Crippen LogP contribution is -2.43. The van der Waals surface area contributed by atoms with Crippen LogP contribution in [0.1, 0.15) is 32.4 Å². The van der Waals surface area contributed by atoms with Gasteiger partial charge in [0.2, 0.25) is 0 Å². The highest BCUT2D eigenvalue weighted by Gasteiger charge is 2.18. The molecule has 3 N–H and O–H groups in total. The zero-order chi connectivity index (χ0) is 16.4. The molecule has 1 aromatic rings. The van der Waals surface area contributed by atoms with Gasteiger partial charge >= 0.3 is 6.03 Å². The summed E-state index contributed by atoms with van der Waals surface area (Å²) in [5.41, 5.74) is 1.20. The summed E-state index contributed by atoms with van der Waals surface area (Å²) < 4.78 is 0. The lowest BCUT2D eigenvalue weighted by molar-refractivity contribution is 0.202. The summed E-state index contributed by atoms with van der Waals surface area (Å²) >= 11 is 0. The van der Waals surface area contributed by atoms with E-state index >= 15 is 0 Å². The monoisotopic (exact) mass is 307 g/mol. The summed E-state index contributed by atoms with van der Waals surface area (Å²) in [6.45, 7) is 9.12. The molecule has 0 spiro atoms. The standard InChI is InChI=1S/C17H29N3O2/c1-4-20(5-2)16(15-9-7-6-8-10-15)12-19-17(22)18-11-14(3)13-21/h6-10,14,16,21H,4-5,11-13H2,1-3H3,(H2,18,19,22). The number of rotatable bonds is 9. The maximum atomic E-state index is 11.9. The van der Waals surface area contributed by atoms with Gasteiger partial charge in [-0.15, -0.1) is 0 Å². The number of hydrogen-bond acceptors (Lipinski definition) is 3. The Hall–Kier alpha value is -1.59. The van der Waals surface area contributed by atoms with E-state index < -0.39 is 0 Å². The van der Waals surface area contributed by atoms with Gasteiger partial charge in [-0.1, -0.05) is 51.1 Å².